The fourth-order valence-electron chi connectivity index (χ4n) is 4.24. The molecule has 1 aliphatic rings. The summed E-state index contributed by atoms with van der Waals surface area (Å²) in [6, 6.07) is 14.8. The largest absolute Gasteiger partial charge is 0.398 e. The highest BCUT2D eigenvalue weighted by Gasteiger charge is 2.35. The van der Waals surface area contributed by atoms with Gasteiger partial charge in [0.1, 0.15) is 31.4 Å². The molecule has 0 fully saturated rings. The van der Waals surface area contributed by atoms with Crippen molar-refractivity contribution >= 4 is 63.4 Å². The number of Topliss-reactive ketones (excluding diaryl/α,β-unsaturated/α-hetero) is 1. The number of hydrogen-bond donors (Lipinski definition) is 3. The van der Waals surface area contributed by atoms with E-state index in [1.54, 1.807) is 48.5 Å². The van der Waals surface area contributed by atoms with E-state index in [2.05, 4.69) is 25.8 Å². The number of nitrogens with two attached hydrogens (primary N) is 1. The van der Waals surface area contributed by atoms with Gasteiger partial charge in [0.05, 0.1) is 17.4 Å². The Hall–Kier alpha value is -5.24. The molecule has 1 unspecified atom stereocenters. The van der Waals surface area contributed by atoms with Crippen molar-refractivity contribution in [2.24, 2.45) is 10.1 Å². The Bertz CT molecular complexity index is 1570. The van der Waals surface area contributed by atoms with Crippen molar-refractivity contribution in [3.63, 3.8) is 0 Å². The molecular weight excluding hydrogens is 562 g/mol. The number of oxime groups is 1. The number of carbonyl (C=O) groups excluding carboxylic acids is 5. The third-order valence-electron chi connectivity index (χ3n) is 6.01. The first-order valence-corrected chi connectivity index (χ1v) is 13.5. The number of rotatable bonds is 11. The van der Waals surface area contributed by atoms with Crippen LogP contribution in [0.3, 0.4) is 0 Å². The number of benzene rings is 2. The van der Waals surface area contributed by atoms with Crippen LogP contribution < -0.4 is 21.3 Å². The van der Waals surface area contributed by atoms with Gasteiger partial charge in [0.2, 0.25) is 12.1 Å². The lowest BCUT2D eigenvalue weighted by Gasteiger charge is -2.25. The quantitative estimate of drug-likeness (QED) is 0.168. The molecule has 2 atom stereocenters. The molecule has 0 saturated carbocycles. The highest BCUT2D eigenvalue weighted by molar-refractivity contribution is 7.13. The molecule has 2 aromatic carbocycles. The number of aliphatic imine (C=N–C) groups is 1. The first-order valence-electron chi connectivity index (χ1n) is 12.6. The second-order valence-corrected chi connectivity index (χ2v) is 9.96. The van der Waals surface area contributed by atoms with Crippen LogP contribution in [0.4, 0.5) is 10.8 Å². The SMILES string of the molecule is CO/N=C(/C(=O)NC1N=C(c2ccccc2)c2ccccc2N(CC(=O)N[C@H](C=O)CC(C)=O)C1=O)c1csc(N)n1. The number of nitrogens with zero attached hydrogens (tertiary/aromatic N) is 4. The van der Waals surface area contributed by atoms with E-state index in [0.717, 1.165) is 11.3 Å². The molecule has 14 heteroatoms. The summed E-state index contributed by atoms with van der Waals surface area (Å²) >= 11 is 1.09. The summed E-state index contributed by atoms with van der Waals surface area (Å²) in [7, 11) is 1.25. The molecular formula is C28H27N7O6S. The zero-order chi connectivity index (χ0) is 30.2. The number of fused-ring (bicyclic) bond motifs is 1. The molecule has 4 rings (SSSR count). The van der Waals surface area contributed by atoms with E-state index in [1.165, 1.54) is 24.3 Å². The van der Waals surface area contributed by atoms with Gasteiger partial charge in [-0.25, -0.2) is 9.98 Å². The zero-order valence-corrected chi connectivity index (χ0v) is 23.5. The van der Waals surface area contributed by atoms with Gasteiger partial charge in [-0.3, -0.25) is 24.1 Å². The summed E-state index contributed by atoms with van der Waals surface area (Å²) in [6.07, 6.45) is -1.24. The van der Waals surface area contributed by atoms with E-state index in [9.17, 15) is 24.0 Å². The Balaban J connectivity index is 1.75. The van der Waals surface area contributed by atoms with E-state index in [1.807, 2.05) is 6.07 Å². The number of para-hydroxylation sites is 1. The number of aldehydes is 1. The molecule has 0 bridgehead atoms. The number of thiazole rings is 1. The molecule has 42 heavy (non-hydrogen) atoms. The van der Waals surface area contributed by atoms with E-state index >= 15 is 0 Å². The van der Waals surface area contributed by atoms with Crippen molar-refractivity contribution in [3.8, 4) is 0 Å². The fraction of sp³-hybridized carbons (Fsp3) is 0.214. The van der Waals surface area contributed by atoms with E-state index in [4.69, 9.17) is 10.6 Å². The summed E-state index contributed by atoms with van der Waals surface area (Å²) in [5.41, 5.74) is 7.54. The van der Waals surface area contributed by atoms with Gasteiger partial charge in [0.25, 0.3) is 11.8 Å². The fourth-order valence-corrected chi connectivity index (χ4v) is 4.78. The number of nitrogen functional groups attached to an aromatic ring is 1. The average Bonchev–Trinajstić information content (AvgIpc) is 3.37. The summed E-state index contributed by atoms with van der Waals surface area (Å²) in [5.74, 6) is -2.54. The predicted molar refractivity (Wildman–Crippen MR) is 156 cm³/mol. The number of anilines is 2. The minimum absolute atomic E-state index is 0.134. The Labute approximate surface area is 244 Å². The summed E-state index contributed by atoms with van der Waals surface area (Å²) in [5, 5.41) is 10.5. The van der Waals surface area contributed by atoms with Crippen LogP contribution >= 0.6 is 11.3 Å². The van der Waals surface area contributed by atoms with Gasteiger partial charge in [-0.2, -0.15) is 0 Å². The second kappa shape index (κ2) is 13.4. The molecule has 13 nitrogen and oxygen atoms in total. The first kappa shape index (κ1) is 29.7. The molecule has 1 aromatic heterocycles. The number of benzodiazepines with no additional fused rings is 1. The van der Waals surface area contributed by atoms with Crippen LogP contribution in [0, 0.1) is 0 Å². The van der Waals surface area contributed by atoms with Gasteiger partial charge in [0.15, 0.2) is 10.8 Å². The molecule has 0 saturated heterocycles. The number of nitrogens with one attached hydrogen (secondary N) is 2. The summed E-state index contributed by atoms with van der Waals surface area (Å²) in [4.78, 5) is 78.1. The first-order chi connectivity index (χ1) is 20.2. The molecule has 216 valence electrons. The van der Waals surface area contributed by atoms with Crippen LogP contribution in [0.5, 0.6) is 0 Å². The molecule has 0 spiro atoms. The Morgan fingerprint density at radius 3 is 2.52 bits per heavy atom. The topological polar surface area (TPSA) is 186 Å². The van der Waals surface area contributed by atoms with E-state index in [0.29, 0.717) is 28.8 Å². The van der Waals surface area contributed by atoms with Gasteiger partial charge in [-0.15, -0.1) is 11.3 Å². The lowest BCUT2D eigenvalue weighted by molar-refractivity contribution is -0.127. The van der Waals surface area contributed by atoms with Gasteiger partial charge in [-0.05, 0) is 13.0 Å². The van der Waals surface area contributed by atoms with Crippen molar-refractivity contribution in [1.29, 1.82) is 0 Å². The Morgan fingerprint density at radius 1 is 1.17 bits per heavy atom. The minimum atomic E-state index is -1.51. The smallest absolute Gasteiger partial charge is 0.277 e. The predicted octanol–water partition coefficient (Wildman–Crippen LogP) is 1.07. The number of amides is 3. The average molecular weight is 590 g/mol. The van der Waals surface area contributed by atoms with Crippen LogP contribution in [0.25, 0.3) is 0 Å². The highest BCUT2D eigenvalue weighted by atomic mass is 32.1. The lowest BCUT2D eigenvalue weighted by Crippen LogP contribution is -2.52. The molecule has 0 aliphatic carbocycles. The van der Waals surface area contributed by atoms with E-state index in [-0.39, 0.29) is 28.7 Å². The standard InChI is InChI=1S/C28H27N7O6S/c1-16(37)12-18(14-36)30-22(38)13-35-21-11-7-6-10-19(21)23(17-8-4-3-5-9-17)32-25(27(35)40)33-26(39)24(34-41-2)20-15-42-28(29)31-20/h3-11,14-15,18,25H,12-13H2,1-2H3,(H2,29,31)(H,30,38)(H,33,39)/b34-24+/t18-,25?/m0/s1. The molecule has 3 amide bonds. The summed E-state index contributed by atoms with van der Waals surface area (Å²) in [6.45, 7) is 0.776. The summed E-state index contributed by atoms with van der Waals surface area (Å²) < 4.78 is 0. The van der Waals surface area contributed by atoms with Crippen LogP contribution in [-0.2, 0) is 28.8 Å². The number of carbonyl (C=O) groups is 5. The van der Waals surface area contributed by atoms with Gasteiger partial charge < -0.3 is 26.0 Å². The highest BCUT2D eigenvalue weighted by Crippen LogP contribution is 2.28. The van der Waals surface area contributed by atoms with Crippen LogP contribution in [0.15, 0.2) is 70.1 Å². The monoisotopic (exact) mass is 589 g/mol. The van der Waals surface area contributed by atoms with Crippen molar-refractivity contribution in [2.45, 2.75) is 25.6 Å². The van der Waals surface area contributed by atoms with Gasteiger partial charge >= 0.3 is 0 Å². The minimum Gasteiger partial charge on any atom is -0.398 e. The van der Waals surface area contributed by atoms with Crippen molar-refractivity contribution < 1.29 is 28.8 Å². The maximum absolute atomic E-state index is 14.0. The van der Waals surface area contributed by atoms with Crippen molar-refractivity contribution in [2.75, 3.05) is 24.3 Å². The molecule has 0 radical (unpaired) electrons. The maximum atomic E-state index is 14.0. The third-order valence-corrected chi connectivity index (χ3v) is 6.68. The van der Waals surface area contributed by atoms with Crippen LogP contribution in [0.1, 0.15) is 30.2 Å². The second-order valence-electron chi connectivity index (χ2n) is 9.07. The molecule has 1 aliphatic heterocycles. The Kier molecular flexibility index (Phi) is 9.50. The Morgan fingerprint density at radius 2 is 1.88 bits per heavy atom. The van der Waals surface area contributed by atoms with Crippen molar-refractivity contribution in [3.05, 3.63) is 76.8 Å². The lowest BCUT2D eigenvalue weighted by atomic mass is 10.0. The molecule has 4 N–H and O–H groups in total. The number of aromatic nitrogens is 1. The normalized spacial score (nSPS) is 15.5. The third kappa shape index (κ3) is 6.90. The van der Waals surface area contributed by atoms with E-state index < -0.39 is 36.5 Å². The molecule has 2 heterocycles. The zero-order valence-electron chi connectivity index (χ0n) is 22.6. The number of ketones is 1. The van der Waals surface area contributed by atoms with Crippen LogP contribution in [0.2, 0.25) is 0 Å². The molecule has 3 aromatic rings. The van der Waals surface area contributed by atoms with Gasteiger partial charge in [0, 0.05) is 22.9 Å². The number of hydrogen-bond acceptors (Lipinski definition) is 11. The van der Waals surface area contributed by atoms with Gasteiger partial charge in [-0.1, -0.05) is 53.7 Å². The van der Waals surface area contributed by atoms with Crippen LogP contribution in [-0.4, -0.2) is 72.1 Å². The van der Waals surface area contributed by atoms with Crippen molar-refractivity contribution in [1.82, 2.24) is 15.6 Å². The maximum Gasteiger partial charge on any atom is 0.277 e.